The Morgan fingerprint density at radius 2 is 1.48 bits per heavy atom. The number of carbonyl (C=O) groups is 2. The van der Waals surface area contributed by atoms with Gasteiger partial charge in [-0.25, -0.2) is 4.79 Å². The summed E-state index contributed by atoms with van der Waals surface area (Å²) in [6.07, 6.45) is 5.85. The van der Waals surface area contributed by atoms with Crippen LogP contribution in [0.15, 0.2) is 78.9 Å². The van der Waals surface area contributed by atoms with Crippen molar-refractivity contribution in [1.29, 1.82) is 0 Å². The van der Waals surface area contributed by atoms with Gasteiger partial charge in [-0.15, -0.1) is 12.4 Å². The molecule has 2 atom stereocenters. The average Bonchev–Trinajstić information content (AvgIpc) is 3.10. The van der Waals surface area contributed by atoms with Crippen LogP contribution in [0.1, 0.15) is 73.0 Å². The zero-order chi connectivity index (χ0) is 31.8. The van der Waals surface area contributed by atoms with E-state index in [4.69, 9.17) is 23.2 Å². The van der Waals surface area contributed by atoms with Gasteiger partial charge in [0.05, 0.1) is 16.1 Å². The van der Waals surface area contributed by atoms with Gasteiger partial charge >= 0.3 is 6.03 Å². The third-order valence-electron chi connectivity index (χ3n) is 9.95. The summed E-state index contributed by atoms with van der Waals surface area (Å²) in [6.45, 7) is 6.73. The second-order valence-electron chi connectivity index (χ2n) is 12.6. The topological polar surface area (TPSA) is 55.9 Å². The Labute approximate surface area is 290 Å². The lowest BCUT2D eigenvalue weighted by Gasteiger charge is -2.46. The normalized spacial score (nSPS) is 18.2. The highest BCUT2D eigenvalue weighted by Crippen LogP contribution is 2.40. The van der Waals surface area contributed by atoms with E-state index < -0.39 is 0 Å². The number of urea groups is 1. The zero-order valence-electron chi connectivity index (χ0n) is 27.0. The fourth-order valence-corrected chi connectivity index (χ4v) is 7.33. The predicted octanol–water partition coefficient (Wildman–Crippen LogP) is 8.28. The van der Waals surface area contributed by atoms with Crippen LogP contribution in [0, 0.1) is 0 Å². The molecule has 2 fully saturated rings. The quantitative estimate of drug-likeness (QED) is 0.207. The SMILES string of the molecule is CCN(C)C(=O)NCC1(c2ccccc2)CCN(C(CC(C(=O)c2ccccc2)N2CCCCC2)c2ccc(Cl)c(Cl)c2)CC1.Cl. The Morgan fingerprint density at radius 3 is 2.09 bits per heavy atom. The molecule has 2 aliphatic heterocycles. The van der Waals surface area contributed by atoms with Crippen LogP contribution in [0.2, 0.25) is 10.0 Å². The Morgan fingerprint density at radius 1 is 0.848 bits per heavy atom. The molecule has 0 aliphatic carbocycles. The molecule has 0 bridgehead atoms. The minimum atomic E-state index is -0.239. The molecule has 9 heteroatoms. The van der Waals surface area contributed by atoms with Gasteiger partial charge in [-0.2, -0.15) is 0 Å². The molecule has 3 aromatic rings. The Bertz CT molecular complexity index is 1410. The highest BCUT2D eigenvalue weighted by molar-refractivity contribution is 6.42. The highest BCUT2D eigenvalue weighted by Gasteiger charge is 2.40. The average molecular weight is 686 g/mol. The van der Waals surface area contributed by atoms with Crippen molar-refractivity contribution in [2.45, 2.75) is 62.9 Å². The smallest absolute Gasteiger partial charge is 0.317 e. The fraction of sp³-hybridized carbons (Fsp3) is 0.459. The first-order chi connectivity index (χ1) is 21.8. The van der Waals surface area contributed by atoms with Gasteiger partial charge in [-0.1, -0.05) is 96.4 Å². The predicted molar refractivity (Wildman–Crippen MR) is 192 cm³/mol. The number of amides is 2. The number of carbonyl (C=O) groups excluding carboxylic acids is 2. The van der Waals surface area contributed by atoms with Crippen LogP contribution in [0.4, 0.5) is 4.79 Å². The highest BCUT2D eigenvalue weighted by atomic mass is 35.5. The molecule has 0 radical (unpaired) electrons. The number of ketones is 1. The fourth-order valence-electron chi connectivity index (χ4n) is 7.02. The number of likely N-dealkylation sites (tertiary alicyclic amines) is 2. The van der Waals surface area contributed by atoms with Gasteiger partial charge in [0.15, 0.2) is 5.78 Å². The van der Waals surface area contributed by atoms with Crippen LogP contribution in [-0.2, 0) is 5.41 Å². The summed E-state index contributed by atoms with van der Waals surface area (Å²) >= 11 is 13.0. The van der Waals surface area contributed by atoms with Gasteiger partial charge < -0.3 is 10.2 Å². The van der Waals surface area contributed by atoms with E-state index in [9.17, 15) is 9.59 Å². The van der Waals surface area contributed by atoms with E-state index in [0.29, 0.717) is 29.6 Å². The Hall–Kier alpha value is -2.61. The molecule has 5 rings (SSSR count). The molecule has 3 aromatic carbocycles. The van der Waals surface area contributed by atoms with E-state index in [1.54, 1.807) is 4.90 Å². The first-order valence-electron chi connectivity index (χ1n) is 16.4. The van der Waals surface area contributed by atoms with Crippen molar-refractivity contribution in [3.63, 3.8) is 0 Å². The summed E-state index contributed by atoms with van der Waals surface area (Å²) in [5.41, 5.74) is 2.91. The summed E-state index contributed by atoms with van der Waals surface area (Å²) in [4.78, 5) is 33.6. The molecule has 2 heterocycles. The van der Waals surface area contributed by atoms with Crippen LogP contribution in [0.3, 0.4) is 0 Å². The summed E-state index contributed by atoms with van der Waals surface area (Å²) in [5, 5.41) is 4.28. The largest absolute Gasteiger partial charge is 0.337 e. The minimum absolute atomic E-state index is 0. The van der Waals surface area contributed by atoms with Crippen molar-refractivity contribution < 1.29 is 9.59 Å². The lowest BCUT2D eigenvalue weighted by atomic mass is 9.72. The maximum Gasteiger partial charge on any atom is 0.317 e. The lowest BCUT2D eigenvalue weighted by Crippen LogP contribution is -2.52. The van der Waals surface area contributed by atoms with Crippen LogP contribution in [0.25, 0.3) is 0 Å². The molecule has 0 aromatic heterocycles. The van der Waals surface area contributed by atoms with Crippen LogP contribution < -0.4 is 5.32 Å². The van der Waals surface area contributed by atoms with Crippen molar-refractivity contribution in [2.24, 2.45) is 0 Å². The van der Waals surface area contributed by atoms with Crippen molar-refractivity contribution >= 4 is 47.4 Å². The molecule has 2 saturated heterocycles. The van der Waals surface area contributed by atoms with Gasteiger partial charge in [0.25, 0.3) is 0 Å². The molecule has 1 N–H and O–H groups in total. The molecule has 46 heavy (non-hydrogen) atoms. The van der Waals surface area contributed by atoms with Crippen molar-refractivity contribution in [2.75, 3.05) is 46.3 Å². The van der Waals surface area contributed by atoms with Crippen LogP contribution >= 0.6 is 35.6 Å². The summed E-state index contributed by atoms with van der Waals surface area (Å²) in [7, 11) is 1.82. The minimum Gasteiger partial charge on any atom is -0.337 e. The van der Waals surface area contributed by atoms with Gasteiger partial charge in [0.2, 0.25) is 0 Å². The Kier molecular flexibility index (Phi) is 13.4. The molecule has 2 aliphatic rings. The summed E-state index contributed by atoms with van der Waals surface area (Å²) < 4.78 is 0. The second-order valence-corrected chi connectivity index (χ2v) is 13.4. The number of nitrogens with one attached hydrogen (secondary N) is 1. The van der Waals surface area contributed by atoms with E-state index in [2.05, 4.69) is 45.4 Å². The summed E-state index contributed by atoms with van der Waals surface area (Å²) in [5.74, 6) is 0.181. The number of benzene rings is 3. The number of rotatable bonds is 11. The molecular weight excluding hydrogens is 639 g/mol. The van der Waals surface area contributed by atoms with Crippen molar-refractivity contribution in [1.82, 2.24) is 20.0 Å². The number of Topliss-reactive ketones (excluding diaryl/α,β-unsaturated/α-hetero) is 1. The first-order valence-corrected chi connectivity index (χ1v) is 17.1. The molecule has 248 valence electrons. The van der Waals surface area contributed by atoms with E-state index in [1.807, 2.05) is 62.5 Å². The van der Waals surface area contributed by atoms with Gasteiger partial charge in [-0.3, -0.25) is 14.6 Å². The molecular formula is C37H47Cl3N4O2. The molecule has 2 amide bonds. The van der Waals surface area contributed by atoms with Gasteiger partial charge in [-0.05, 0) is 88.5 Å². The third kappa shape index (κ3) is 8.64. The molecule has 2 unspecified atom stereocenters. The number of nitrogens with zero attached hydrogens (tertiary/aromatic N) is 3. The summed E-state index contributed by atoms with van der Waals surface area (Å²) in [6, 6.07) is 25.9. The van der Waals surface area contributed by atoms with Crippen molar-refractivity contribution in [3.05, 3.63) is 106 Å². The molecule has 0 spiro atoms. The second kappa shape index (κ2) is 17.0. The third-order valence-corrected chi connectivity index (χ3v) is 10.7. The molecule has 6 nitrogen and oxygen atoms in total. The zero-order valence-corrected chi connectivity index (χ0v) is 29.3. The maximum absolute atomic E-state index is 14.2. The van der Waals surface area contributed by atoms with E-state index in [-0.39, 0.29) is 41.7 Å². The van der Waals surface area contributed by atoms with Crippen LogP contribution in [-0.4, -0.2) is 78.9 Å². The van der Waals surface area contributed by atoms with Crippen molar-refractivity contribution in [3.8, 4) is 0 Å². The van der Waals surface area contributed by atoms with E-state index in [1.165, 1.54) is 12.0 Å². The Balaban J connectivity index is 0.00000480. The number of halogens is 3. The van der Waals surface area contributed by atoms with Gasteiger partial charge in [0, 0.05) is 37.2 Å². The number of hydrogen-bond acceptors (Lipinski definition) is 4. The number of piperidine rings is 2. The monoisotopic (exact) mass is 684 g/mol. The van der Waals surface area contributed by atoms with E-state index in [0.717, 1.165) is 63.0 Å². The first kappa shape index (κ1) is 36.2. The van der Waals surface area contributed by atoms with E-state index >= 15 is 0 Å². The maximum atomic E-state index is 14.2. The van der Waals surface area contributed by atoms with Crippen LogP contribution in [0.5, 0.6) is 0 Å². The van der Waals surface area contributed by atoms with Gasteiger partial charge in [0.1, 0.15) is 0 Å². The standard InChI is InChI=1S/C37H46Cl2N4O2.ClH/c1-3-41(2)36(45)40-27-37(30-15-9-5-10-16-30)19-23-43(24-20-37)33(29-17-18-31(38)32(39)25-29)26-34(42-21-11-6-12-22-42)35(44)28-13-7-4-8-14-28;/h4-5,7-10,13-18,25,33-34H,3,6,11-12,19-24,26-27H2,1-2H3,(H,40,45);1H. The lowest BCUT2D eigenvalue weighted by molar-refractivity contribution is 0.0591. The number of hydrogen-bond donors (Lipinski definition) is 1. The molecule has 0 saturated carbocycles.